The third-order valence-corrected chi connectivity index (χ3v) is 2.88. The molecule has 0 bridgehead atoms. The van der Waals surface area contributed by atoms with Crippen LogP contribution in [-0.2, 0) is 17.4 Å². The van der Waals surface area contributed by atoms with Crippen molar-refractivity contribution in [3.05, 3.63) is 29.3 Å². The summed E-state index contributed by atoms with van der Waals surface area (Å²) < 4.78 is 37.6. The lowest BCUT2D eigenvalue weighted by molar-refractivity contribution is -0.137. The van der Waals surface area contributed by atoms with Crippen molar-refractivity contribution >= 4 is 11.6 Å². The van der Waals surface area contributed by atoms with Gasteiger partial charge in [-0.05, 0) is 30.2 Å². The predicted molar refractivity (Wildman–Crippen MR) is 59.2 cm³/mol. The fourth-order valence-corrected chi connectivity index (χ4v) is 2.03. The maximum Gasteiger partial charge on any atom is 0.416 e. The molecule has 0 atom stereocenters. The van der Waals surface area contributed by atoms with E-state index >= 15 is 0 Å². The zero-order valence-corrected chi connectivity index (χ0v) is 9.50. The van der Waals surface area contributed by atoms with Gasteiger partial charge in [-0.25, -0.2) is 0 Å². The van der Waals surface area contributed by atoms with E-state index in [1.54, 1.807) is 0 Å². The number of amides is 1. The lowest BCUT2D eigenvalue weighted by Gasteiger charge is -2.17. The maximum atomic E-state index is 12.5. The van der Waals surface area contributed by atoms with Crippen LogP contribution >= 0.6 is 0 Å². The van der Waals surface area contributed by atoms with E-state index in [0.717, 1.165) is 12.1 Å². The molecule has 0 saturated carbocycles. The number of carbonyl (C=O) groups is 1. The molecule has 1 aromatic rings. The molecule has 1 aliphatic heterocycles. The van der Waals surface area contributed by atoms with E-state index in [2.05, 4.69) is 0 Å². The third-order valence-electron chi connectivity index (χ3n) is 2.88. The first-order valence-electron chi connectivity index (χ1n) is 5.55. The Bertz CT molecular complexity index is 471. The van der Waals surface area contributed by atoms with E-state index in [1.807, 2.05) is 0 Å². The molecule has 1 aliphatic rings. The molecule has 0 saturated heterocycles. The highest BCUT2D eigenvalue weighted by Gasteiger charge is 2.34. The smallest absolute Gasteiger partial charge is 0.396 e. The maximum absolute atomic E-state index is 12.5. The Balaban J connectivity index is 2.29. The first-order valence-corrected chi connectivity index (χ1v) is 5.55. The van der Waals surface area contributed by atoms with Gasteiger partial charge in [-0.1, -0.05) is 0 Å². The minimum Gasteiger partial charge on any atom is -0.396 e. The Kier molecular flexibility index (Phi) is 3.30. The van der Waals surface area contributed by atoms with Crippen LogP contribution in [0.15, 0.2) is 18.2 Å². The van der Waals surface area contributed by atoms with Crippen LogP contribution in [0.5, 0.6) is 0 Å². The van der Waals surface area contributed by atoms with Gasteiger partial charge in [0, 0.05) is 18.8 Å². The Morgan fingerprint density at radius 3 is 2.67 bits per heavy atom. The van der Waals surface area contributed by atoms with Gasteiger partial charge in [0.25, 0.3) is 0 Å². The molecule has 18 heavy (non-hydrogen) atoms. The molecule has 0 fully saturated rings. The summed E-state index contributed by atoms with van der Waals surface area (Å²) in [4.78, 5) is 13.1. The molecule has 1 heterocycles. The molecule has 3 nitrogen and oxygen atoms in total. The molecule has 0 spiro atoms. The molecule has 0 radical (unpaired) electrons. The number of alkyl halides is 3. The average Bonchev–Trinajstić information content (AvgIpc) is 2.60. The van der Waals surface area contributed by atoms with Gasteiger partial charge in [-0.15, -0.1) is 0 Å². The van der Waals surface area contributed by atoms with Gasteiger partial charge in [0.2, 0.25) is 5.91 Å². The number of nitrogens with zero attached hydrogens (tertiary/aromatic N) is 1. The fourth-order valence-electron chi connectivity index (χ4n) is 2.03. The quantitative estimate of drug-likeness (QED) is 0.901. The van der Waals surface area contributed by atoms with E-state index in [-0.39, 0.29) is 18.9 Å². The summed E-state index contributed by atoms with van der Waals surface area (Å²) in [7, 11) is 0. The summed E-state index contributed by atoms with van der Waals surface area (Å²) in [6.45, 7) is 0.271. The first kappa shape index (κ1) is 12.9. The molecule has 98 valence electrons. The van der Waals surface area contributed by atoms with Gasteiger partial charge in [-0.2, -0.15) is 13.2 Å². The van der Waals surface area contributed by atoms with Crippen molar-refractivity contribution < 1.29 is 23.1 Å². The molecular formula is C12H12F3NO2. The monoisotopic (exact) mass is 259 g/mol. The fraction of sp³-hybridized carbons (Fsp3) is 0.417. The summed E-state index contributed by atoms with van der Waals surface area (Å²) in [6.07, 6.45) is -3.99. The van der Waals surface area contributed by atoms with Crippen LogP contribution in [-0.4, -0.2) is 24.2 Å². The highest BCUT2D eigenvalue weighted by molar-refractivity contribution is 6.01. The number of rotatable bonds is 3. The number of hydrogen-bond donors (Lipinski definition) is 1. The minimum absolute atomic E-state index is 0.00924. The number of hydrogen-bond acceptors (Lipinski definition) is 2. The van der Waals surface area contributed by atoms with Gasteiger partial charge in [0.05, 0.1) is 12.0 Å². The molecule has 0 unspecified atom stereocenters. The Morgan fingerprint density at radius 2 is 2.06 bits per heavy atom. The Morgan fingerprint density at radius 1 is 1.33 bits per heavy atom. The van der Waals surface area contributed by atoms with Crippen LogP contribution in [0.4, 0.5) is 18.9 Å². The zero-order chi connectivity index (χ0) is 13.3. The topological polar surface area (TPSA) is 40.5 Å². The molecule has 1 aromatic carbocycles. The number of carbonyl (C=O) groups excluding carboxylic acids is 1. The molecular weight excluding hydrogens is 247 g/mol. The largest absolute Gasteiger partial charge is 0.416 e. The summed E-state index contributed by atoms with van der Waals surface area (Å²) in [6, 6.07) is 3.32. The molecule has 6 heteroatoms. The van der Waals surface area contributed by atoms with Crippen LogP contribution in [0, 0.1) is 0 Å². The lowest BCUT2D eigenvalue weighted by atomic mass is 10.1. The van der Waals surface area contributed by atoms with Crippen molar-refractivity contribution in [1.82, 2.24) is 0 Å². The standard InChI is InChI=1S/C12H12F3NO2/c13-12(14,15)9-2-3-10-8(6-9)7-11(18)16(10)4-1-5-17/h2-3,6,17H,1,4-5,7H2. The normalized spacial score (nSPS) is 15.1. The lowest BCUT2D eigenvalue weighted by Crippen LogP contribution is -2.28. The van der Waals surface area contributed by atoms with Crippen LogP contribution in [0.25, 0.3) is 0 Å². The van der Waals surface area contributed by atoms with Crippen molar-refractivity contribution in [3.8, 4) is 0 Å². The van der Waals surface area contributed by atoms with Gasteiger partial charge in [0.15, 0.2) is 0 Å². The average molecular weight is 259 g/mol. The van der Waals surface area contributed by atoms with Crippen LogP contribution in [0.1, 0.15) is 17.5 Å². The molecule has 1 N–H and O–H groups in total. The van der Waals surface area contributed by atoms with Crippen molar-refractivity contribution in [2.24, 2.45) is 0 Å². The first-order chi connectivity index (χ1) is 8.43. The van der Waals surface area contributed by atoms with E-state index in [0.29, 0.717) is 24.2 Å². The van der Waals surface area contributed by atoms with Crippen molar-refractivity contribution in [3.63, 3.8) is 0 Å². The third kappa shape index (κ3) is 2.33. The van der Waals surface area contributed by atoms with Gasteiger partial charge >= 0.3 is 6.18 Å². The van der Waals surface area contributed by atoms with E-state index < -0.39 is 11.7 Å². The van der Waals surface area contributed by atoms with Crippen molar-refractivity contribution in [2.75, 3.05) is 18.1 Å². The number of aliphatic hydroxyl groups is 1. The number of fused-ring (bicyclic) bond motifs is 1. The summed E-state index contributed by atoms with van der Waals surface area (Å²) in [5.41, 5.74) is 0.173. The van der Waals surface area contributed by atoms with Gasteiger partial charge in [-0.3, -0.25) is 4.79 Å². The Labute approximate surface area is 102 Å². The number of benzene rings is 1. The second kappa shape index (κ2) is 4.61. The second-order valence-electron chi connectivity index (χ2n) is 4.14. The van der Waals surface area contributed by atoms with E-state index in [1.165, 1.54) is 11.0 Å². The van der Waals surface area contributed by atoms with Crippen molar-refractivity contribution in [1.29, 1.82) is 0 Å². The number of aliphatic hydroxyl groups excluding tert-OH is 1. The number of anilines is 1. The van der Waals surface area contributed by atoms with Gasteiger partial charge < -0.3 is 10.0 Å². The van der Waals surface area contributed by atoms with Crippen LogP contribution in [0.2, 0.25) is 0 Å². The summed E-state index contributed by atoms with van der Waals surface area (Å²) in [5, 5.41) is 8.72. The predicted octanol–water partition coefficient (Wildman–Crippen LogP) is 1.98. The van der Waals surface area contributed by atoms with E-state index in [4.69, 9.17) is 5.11 Å². The van der Waals surface area contributed by atoms with Crippen LogP contribution in [0.3, 0.4) is 0 Å². The van der Waals surface area contributed by atoms with Crippen molar-refractivity contribution in [2.45, 2.75) is 19.0 Å². The molecule has 1 amide bonds. The van der Waals surface area contributed by atoms with Crippen LogP contribution < -0.4 is 4.90 Å². The molecule has 0 aromatic heterocycles. The highest BCUT2D eigenvalue weighted by atomic mass is 19.4. The number of halogens is 3. The van der Waals surface area contributed by atoms with Gasteiger partial charge in [0.1, 0.15) is 0 Å². The SMILES string of the molecule is O=C1Cc2cc(C(F)(F)F)ccc2N1CCCO. The molecule has 0 aliphatic carbocycles. The summed E-state index contributed by atoms with van der Waals surface area (Å²) >= 11 is 0. The summed E-state index contributed by atoms with van der Waals surface area (Å²) in [5.74, 6) is -0.224. The zero-order valence-electron chi connectivity index (χ0n) is 9.50. The highest BCUT2D eigenvalue weighted by Crippen LogP contribution is 2.35. The second-order valence-corrected chi connectivity index (χ2v) is 4.14. The van der Waals surface area contributed by atoms with E-state index in [9.17, 15) is 18.0 Å². The minimum atomic E-state index is -4.39. The Hall–Kier alpha value is -1.56. The molecule has 2 rings (SSSR count).